The lowest BCUT2D eigenvalue weighted by Crippen LogP contribution is -2.31. The van der Waals surface area contributed by atoms with Crippen LogP contribution in [0.5, 0.6) is 0 Å². The summed E-state index contributed by atoms with van der Waals surface area (Å²) in [6.45, 7) is 8.26. The summed E-state index contributed by atoms with van der Waals surface area (Å²) in [6.07, 6.45) is 4.03. The summed E-state index contributed by atoms with van der Waals surface area (Å²) in [7, 11) is -3.52. The lowest BCUT2D eigenvalue weighted by atomic mass is 10.1. The molecule has 1 unspecified atom stereocenters. The number of likely N-dealkylation sites (tertiary alicyclic amines) is 1. The van der Waals surface area contributed by atoms with E-state index in [0.29, 0.717) is 24.7 Å². The normalized spacial score (nSPS) is 19.8. The fraction of sp³-hybridized carbons (Fsp3) is 0.643. The van der Waals surface area contributed by atoms with Gasteiger partial charge in [0, 0.05) is 32.0 Å². The smallest absolute Gasteiger partial charge is 0.244 e. The first-order valence-electron chi connectivity index (χ1n) is 7.46. The molecule has 0 amide bonds. The average Bonchev–Trinajstić information content (AvgIpc) is 2.94. The van der Waals surface area contributed by atoms with Crippen LogP contribution in [0.3, 0.4) is 0 Å². The van der Waals surface area contributed by atoms with E-state index in [9.17, 15) is 8.42 Å². The van der Waals surface area contributed by atoms with Gasteiger partial charge in [-0.25, -0.2) is 13.1 Å². The predicted octanol–water partition coefficient (Wildman–Crippen LogP) is 1.13. The van der Waals surface area contributed by atoms with Crippen LogP contribution in [-0.4, -0.2) is 51.0 Å². The van der Waals surface area contributed by atoms with Crippen molar-refractivity contribution in [3.05, 3.63) is 18.5 Å². The molecule has 0 saturated carbocycles. The monoisotopic (exact) mass is 312 g/mol. The number of nitrogens with one attached hydrogen (secondary N) is 2. The first-order valence-corrected chi connectivity index (χ1v) is 8.95. The summed E-state index contributed by atoms with van der Waals surface area (Å²) in [4.78, 5) is 6.49. The molecule has 1 saturated heterocycles. The summed E-state index contributed by atoms with van der Waals surface area (Å²) in [5.41, 5.74) is 0.599. The van der Waals surface area contributed by atoms with Gasteiger partial charge in [0.25, 0.3) is 0 Å². The number of aromatic nitrogens is 1. The highest BCUT2D eigenvalue weighted by Gasteiger charge is 2.24. The second-order valence-corrected chi connectivity index (χ2v) is 7.04. The van der Waals surface area contributed by atoms with Gasteiger partial charge in [-0.15, -0.1) is 0 Å². The number of rotatable bonds is 7. The molecule has 0 radical (unpaired) electrons. The molecule has 0 aliphatic carbocycles. The third-order valence-electron chi connectivity index (χ3n) is 3.82. The minimum absolute atomic E-state index is 0.220. The second kappa shape index (κ2) is 7.20. The molecule has 1 aliphatic rings. The molecule has 118 valence electrons. The van der Waals surface area contributed by atoms with Gasteiger partial charge < -0.3 is 10.2 Å². The van der Waals surface area contributed by atoms with Crippen molar-refractivity contribution in [2.24, 2.45) is 5.92 Å². The topological polar surface area (TPSA) is 74.3 Å². The van der Waals surface area contributed by atoms with Crippen LogP contribution in [0.1, 0.15) is 20.3 Å². The van der Waals surface area contributed by atoms with E-state index in [1.807, 2.05) is 6.92 Å². The molecule has 1 aliphatic heterocycles. The molecule has 1 fully saturated rings. The van der Waals surface area contributed by atoms with Crippen molar-refractivity contribution in [1.82, 2.24) is 14.6 Å². The van der Waals surface area contributed by atoms with Gasteiger partial charge >= 0.3 is 0 Å². The SMILES string of the molecule is CCNc1ccncc1S(=O)(=O)NCC1CCN(CC)C1. The molecule has 1 atom stereocenters. The van der Waals surface area contributed by atoms with Gasteiger partial charge in [0.1, 0.15) is 4.90 Å². The Morgan fingerprint density at radius 3 is 2.90 bits per heavy atom. The molecule has 7 heteroatoms. The minimum atomic E-state index is -3.52. The van der Waals surface area contributed by atoms with Crippen LogP contribution in [0.4, 0.5) is 5.69 Å². The molecule has 0 bridgehead atoms. The molecule has 2 N–H and O–H groups in total. The van der Waals surface area contributed by atoms with E-state index in [0.717, 1.165) is 26.1 Å². The largest absolute Gasteiger partial charge is 0.384 e. The highest BCUT2D eigenvalue weighted by Crippen LogP contribution is 2.20. The molecule has 2 heterocycles. The molecule has 21 heavy (non-hydrogen) atoms. The first kappa shape index (κ1) is 16.2. The van der Waals surface area contributed by atoms with Crippen LogP contribution in [0.25, 0.3) is 0 Å². The highest BCUT2D eigenvalue weighted by molar-refractivity contribution is 7.89. The molecule has 0 aromatic carbocycles. The Morgan fingerprint density at radius 2 is 2.24 bits per heavy atom. The summed E-state index contributed by atoms with van der Waals surface area (Å²) in [5, 5.41) is 3.06. The van der Waals surface area contributed by atoms with Crippen molar-refractivity contribution in [1.29, 1.82) is 0 Å². The fourth-order valence-electron chi connectivity index (χ4n) is 2.60. The lowest BCUT2D eigenvalue weighted by molar-refractivity contribution is 0.342. The number of hydrogen-bond donors (Lipinski definition) is 2. The molecule has 0 spiro atoms. The van der Waals surface area contributed by atoms with Gasteiger partial charge in [0.2, 0.25) is 10.0 Å². The van der Waals surface area contributed by atoms with Crippen molar-refractivity contribution in [2.75, 3.05) is 38.0 Å². The van der Waals surface area contributed by atoms with E-state index in [-0.39, 0.29) is 4.90 Å². The van der Waals surface area contributed by atoms with Gasteiger partial charge in [0.05, 0.1) is 5.69 Å². The number of sulfonamides is 1. The van der Waals surface area contributed by atoms with Crippen LogP contribution in [0, 0.1) is 5.92 Å². The Bertz CT molecular complexity index is 562. The van der Waals surface area contributed by atoms with E-state index >= 15 is 0 Å². The second-order valence-electron chi connectivity index (χ2n) is 5.30. The van der Waals surface area contributed by atoms with Crippen molar-refractivity contribution < 1.29 is 8.42 Å². The predicted molar refractivity (Wildman–Crippen MR) is 83.8 cm³/mol. The molecular weight excluding hydrogens is 288 g/mol. The average molecular weight is 312 g/mol. The van der Waals surface area contributed by atoms with Gasteiger partial charge in [0.15, 0.2) is 0 Å². The summed E-state index contributed by atoms with van der Waals surface area (Å²) in [6, 6.07) is 1.69. The minimum Gasteiger partial charge on any atom is -0.384 e. The number of anilines is 1. The van der Waals surface area contributed by atoms with E-state index in [4.69, 9.17) is 0 Å². The lowest BCUT2D eigenvalue weighted by Gasteiger charge is -2.15. The van der Waals surface area contributed by atoms with Gasteiger partial charge in [-0.05, 0) is 38.4 Å². The Balaban J connectivity index is 2.02. The zero-order valence-corrected chi connectivity index (χ0v) is 13.5. The van der Waals surface area contributed by atoms with E-state index in [2.05, 4.69) is 26.8 Å². The third kappa shape index (κ3) is 4.15. The van der Waals surface area contributed by atoms with Crippen LogP contribution in [-0.2, 0) is 10.0 Å². The Labute approximate surface area is 127 Å². The first-order chi connectivity index (χ1) is 10.1. The maximum Gasteiger partial charge on any atom is 0.244 e. The molecular formula is C14H24N4O2S. The van der Waals surface area contributed by atoms with E-state index in [1.165, 1.54) is 6.20 Å². The van der Waals surface area contributed by atoms with E-state index < -0.39 is 10.0 Å². The number of hydrogen-bond acceptors (Lipinski definition) is 5. The summed E-state index contributed by atoms with van der Waals surface area (Å²) in [5.74, 6) is 0.388. The van der Waals surface area contributed by atoms with Crippen LogP contribution in [0.2, 0.25) is 0 Å². The maximum atomic E-state index is 12.4. The van der Waals surface area contributed by atoms with Gasteiger partial charge in [-0.2, -0.15) is 0 Å². The van der Waals surface area contributed by atoms with Crippen LogP contribution >= 0.6 is 0 Å². The molecule has 2 rings (SSSR count). The van der Waals surface area contributed by atoms with Gasteiger partial charge in [-0.1, -0.05) is 6.92 Å². The van der Waals surface area contributed by atoms with Crippen molar-refractivity contribution in [3.63, 3.8) is 0 Å². The van der Waals surface area contributed by atoms with Crippen LogP contribution < -0.4 is 10.0 Å². The van der Waals surface area contributed by atoms with E-state index in [1.54, 1.807) is 12.3 Å². The molecule has 6 nitrogen and oxygen atoms in total. The zero-order valence-electron chi connectivity index (χ0n) is 12.7. The van der Waals surface area contributed by atoms with Crippen molar-refractivity contribution in [2.45, 2.75) is 25.2 Å². The Hall–Kier alpha value is -1.18. The Morgan fingerprint density at radius 1 is 1.43 bits per heavy atom. The molecule has 1 aromatic rings. The van der Waals surface area contributed by atoms with Crippen molar-refractivity contribution >= 4 is 15.7 Å². The number of pyridine rings is 1. The standard InChI is InChI=1S/C14H24N4O2S/c1-3-16-13-5-7-15-10-14(13)21(19,20)17-9-12-6-8-18(4-2)11-12/h5,7,10,12,17H,3-4,6,8-9,11H2,1-2H3,(H,15,16). The van der Waals surface area contributed by atoms with Gasteiger partial charge in [-0.3, -0.25) is 4.98 Å². The molecule has 1 aromatic heterocycles. The quantitative estimate of drug-likeness (QED) is 0.789. The van der Waals surface area contributed by atoms with Crippen molar-refractivity contribution in [3.8, 4) is 0 Å². The Kier molecular flexibility index (Phi) is 5.55. The van der Waals surface area contributed by atoms with Crippen LogP contribution in [0.15, 0.2) is 23.4 Å². The number of nitrogens with zero attached hydrogens (tertiary/aromatic N) is 2. The highest BCUT2D eigenvalue weighted by atomic mass is 32.2. The summed E-state index contributed by atoms with van der Waals surface area (Å²) >= 11 is 0. The fourth-order valence-corrected chi connectivity index (χ4v) is 3.84. The third-order valence-corrected chi connectivity index (χ3v) is 5.27. The maximum absolute atomic E-state index is 12.4. The zero-order chi connectivity index (χ0) is 15.3. The summed E-state index contributed by atoms with van der Waals surface area (Å²) < 4.78 is 27.6.